The third-order valence-corrected chi connectivity index (χ3v) is 4.60. The first-order valence-corrected chi connectivity index (χ1v) is 8.17. The smallest absolute Gasteiger partial charge is 0.417 e. The molecule has 0 radical (unpaired) electrons. The molecule has 0 bridgehead atoms. The number of aryl methyl sites for hydroxylation is 2. The summed E-state index contributed by atoms with van der Waals surface area (Å²) in [4.78, 5) is 51.0. The number of pyridine rings is 1. The Morgan fingerprint density at radius 1 is 1.14 bits per heavy atom. The van der Waals surface area contributed by atoms with E-state index in [1.54, 1.807) is 6.92 Å². The molecule has 2 heterocycles. The molecule has 10 nitrogen and oxygen atoms in total. The lowest BCUT2D eigenvalue weighted by Gasteiger charge is -2.13. The van der Waals surface area contributed by atoms with E-state index in [9.17, 15) is 24.5 Å². The van der Waals surface area contributed by atoms with Crippen LogP contribution in [0.5, 0.6) is 0 Å². The van der Waals surface area contributed by atoms with Gasteiger partial charge in [-0.25, -0.2) is 19.1 Å². The van der Waals surface area contributed by atoms with Gasteiger partial charge in [0.1, 0.15) is 16.6 Å². The molecule has 28 heavy (non-hydrogen) atoms. The molecule has 0 saturated heterocycles. The molecule has 0 amide bonds. The maximum atomic E-state index is 12.9. The second-order valence-corrected chi connectivity index (χ2v) is 6.22. The average Bonchev–Trinajstić information content (AvgIpc) is 2.69. The Morgan fingerprint density at radius 3 is 2.29 bits per heavy atom. The van der Waals surface area contributed by atoms with Gasteiger partial charge in [0.15, 0.2) is 0 Å². The zero-order chi connectivity index (χ0) is 20.7. The average molecular weight is 385 g/mol. The van der Waals surface area contributed by atoms with Crippen LogP contribution in [0, 0.1) is 17.0 Å². The fourth-order valence-electron chi connectivity index (χ4n) is 3.16. The van der Waals surface area contributed by atoms with Crippen molar-refractivity contribution in [3.8, 4) is 11.1 Å². The molecule has 0 aliphatic heterocycles. The van der Waals surface area contributed by atoms with Crippen LogP contribution in [0.4, 0.5) is 5.69 Å². The Kier molecular flexibility index (Phi) is 4.55. The van der Waals surface area contributed by atoms with Crippen LogP contribution in [-0.4, -0.2) is 27.1 Å². The SMILES string of the molecule is COC(=O)c1c(C)[nH+]c2c(c1-c1ccc([N+](=O)[O-])cc1)c(=O)n(C)c(=O)n2C. The molecule has 0 spiro atoms. The Balaban J connectivity index is 2.57. The summed E-state index contributed by atoms with van der Waals surface area (Å²) in [6, 6.07) is 5.45. The molecule has 2 aromatic heterocycles. The number of fused-ring (bicyclic) bond motifs is 1. The van der Waals surface area contributed by atoms with Gasteiger partial charge in [-0.2, -0.15) is 4.57 Å². The number of nitro benzene ring substituents is 1. The fourth-order valence-corrected chi connectivity index (χ4v) is 3.16. The lowest BCUT2D eigenvalue weighted by Crippen LogP contribution is -2.40. The molecule has 0 fully saturated rings. The number of esters is 1. The number of non-ortho nitro benzene ring substituents is 1. The molecule has 0 aliphatic rings. The second-order valence-electron chi connectivity index (χ2n) is 6.22. The summed E-state index contributed by atoms with van der Waals surface area (Å²) in [6.07, 6.45) is 0. The highest BCUT2D eigenvalue weighted by Crippen LogP contribution is 2.31. The van der Waals surface area contributed by atoms with E-state index < -0.39 is 22.1 Å². The first kappa shape index (κ1) is 19.0. The number of nitrogens with one attached hydrogen (secondary N) is 1. The van der Waals surface area contributed by atoms with Crippen molar-refractivity contribution in [1.82, 2.24) is 9.13 Å². The van der Waals surface area contributed by atoms with E-state index in [0.717, 1.165) is 4.57 Å². The molecule has 0 atom stereocenters. The number of hydrogen-bond donors (Lipinski definition) is 0. The van der Waals surface area contributed by atoms with Crippen LogP contribution in [0.1, 0.15) is 16.1 Å². The quantitative estimate of drug-likeness (QED) is 0.371. The van der Waals surface area contributed by atoms with Gasteiger partial charge in [0.2, 0.25) is 0 Å². The second kappa shape index (κ2) is 6.72. The largest absolute Gasteiger partial charge is 0.465 e. The number of rotatable bonds is 3. The van der Waals surface area contributed by atoms with Crippen molar-refractivity contribution in [3.63, 3.8) is 0 Å². The summed E-state index contributed by atoms with van der Waals surface area (Å²) < 4.78 is 7.07. The summed E-state index contributed by atoms with van der Waals surface area (Å²) >= 11 is 0. The minimum absolute atomic E-state index is 0.101. The Bertz CT molecular complexity index is 1250. The van der Waals surface area contributed by atoms with Crippen molar-refractivity contribution in [2.24, 2.45) is 14.1 Å². The number of nitro groups is 1. The highest BCUT2D eigenvalue weighted by atomic mass is 16.6. The lowest BCUT2D eigenvalue weighted by molar-refractivity contribution is -0.384. The molecular weight excluding hydrogens is 368 g/mol. The first-order chi connectivity index (χ1) is 13.2. The van der Waals surface area contributed by atoms with Gasteiger partial charge in [-0.3, -0.25) is 14.9 Å². The van der Waals surface area contributed by atoms with Crippen molar-refractivity contribution >= 4 is 22.7 Å². The highest BCUT2D eigenvalue weighted by molar-refractivity contribution is 6.05. The van der Waals surface area contributed by atoms with Gasteiger partial charge in [-0.1, -0.05) is 0 Å². The van der Waals surface area contributed by atoms with Gasteiger partial charge in [0.25, 0.3) is 16.9 Å². The number of carbonyl (C=O) groups is 1. The van der Waals surface area contributed by atoms with Crippen molar-refractivity contribution in [2.45, 2.75) is 6.92 Å². The molecule has 3 rings (SSSR count). The fraction of sp³-hybridized carbons (Fsp3) is 0.222. The Hall–Kier alpha value is -3.82. The van der Waals surface area contributed by atoms with Crippen LogP contribution in [-0.2, 0) is 18.8 Å². The number of H-pyrrole nitrogens is 1. The molecule has 0 aliphatic carbocycles. The van der Waals surface area contributed by atoms with Gasteiger partial charge in [0.05, 0.1) is 19.1 Å². The number of nitrogens with zero attached hydrogens (tertiary/aromatic N) is 3. The molecule has 0 unspecified atom stereocenters. The maximum absolute atomic E-state index is 12.9. The van der Waals surface area contributed by atoms with Crippen LogP contribution >= 0.6 is 0 Å². The van der Waals surface area contributed by atoms with Crippen molar-refractivity contribution < 1.29 is 19.4 Å². The predicted molar refractivity (Wildman–Crippen MR) is 99.2 cm³/mol. The number of ether oxygens (including phenoxy) is 1. The number of aromatic amines is 1. The molecular formula is C18H17N4O6+. The number of carbonyl (C=O) groups excluding carboxylic acids is 1. The zero-order valence-electron chi connectivity index (χ0n) is 15.6. The van der Waals surface area contributed by atoms with Crippen molar-refractivity contribution in [1.29, 1.82) is 0 Å². The monoisotopic (exact) mass is 385 g/mol. The molecule has 1 aromatic carbocycles. The predicted octanol–water partition coefficient (Wildman–Crippen LogP) is 0.722. The van der Waals surface area contributed by atoms with Crippen LogP contribution < -0.4 is 16.2 Å². The van der Waals surface area contributed by atoms with Gasteiger partial charge in [-0.15, -0.1) is 0 Å². The molecule has 3 aromatic rings. The Morgan fingerprint density at radius 2 is 1.75 bits per heavy atom. The molecule has 144 valence electrons. The molecule has 0 saturated carbocycles. The highest BCUT2D eigenvalue weighted by Gasteiger charge is 2.28. The number of aromatic nitrogens is 3. The molecule has 10 heteroatoms. The van der Waals surface area contributed by atoms with Crippen molar-refractivity contribution in [3.05, 3.63) is 66.5 Å². The van der Waals surface area contributed by atoms with E-state index in [4.69, 9.17) is 4.74 Å². The van der Waals surface area contributed by atoms with E-state index in [1.807, 2.05) is 0 Å². The maximum Gasteiger partial charge on any atom is 0.417 e. The Labute approximate surface area is 157 Å². The summed E-state index contributed by atoms with van der Waals surface area (Å²) in [5.41, 5.74) is 0.101. The van der Waals surface area contributed by atoms with Crippen LogP contribution in [0.3, 0.4) is 0 Å². The van der Waals surface area contributed by atoms with Crippen LogP contribution in [0.2, 0.25) is 0 Å². The van der Waals surface area contributed by atoms with E-state index >= 15 is 0 Å². The van der Waals surface area contributed by atoms with E-state index in [2.05, 4.69) is 4.98 Å². The summed E-state index contributed by atoms with van der Waals surface area (Å²) in [5.74, 6) is -0.681. The van der Waals surface area contributed by atoms with E-state index in [1.165, 1.54) is 50.0 Å². The topological polar surface area (TPSA) is 128 Å². The minimum atomic E-state index is -0.681. The van der Waals surface area contributed by atoms with Gasteiger partial charge < -0.3 is 4.74 Å². The third kappa shape index (κ3) is 2.75. The van der Waals surface area contributed by atoms with E-state index in [0.29, 0.717) is 11.3 Å². The number of methoxy groups -OCH3 is 1. The normalized spacial score (nSPS) is 10.9. The zero-order valence-corrected chi connectivity index (χ0v) is 15.6. The number of hydrogen-bond acceptors (Lipinski definition) is 6. The van der Waals surface area contributed by atoms with Crippen molar-refractivity contribution in [2.75, 3.05) is 7.11 Å². The first-order valence-electron chi connectivity index (χ1n) is 8.17. The van der Waals surface area contributed by atoms with Gasteiger partial charge in [-0.05, 0) is 24.6 Å². The van der Waals surface area contributed by atoms with Crippen LogP contribution in [0.25, 0.3) is 22.2 Å². The van der Waals surface area contributed by atoms with Crippen LogP contribution in [0.15, 0.2) is 33.9 Å². The standard InChI is InChI=1S/C18H16N4O6/c1-9-12(17(24)28-4)13(10-5-7-11(8-6-10)22(26)27)14-15(19-9)20(2)18(25)21(3)16(14)23/h5-8H,1-4H3/p+1. The minimum Gasteiger partial charge on any atom is -0.465 e. The summed E-state index contributed by atoms with van der Waals surface area (Å²) in [6.45, 7) is 1.61. The summed E-state index contributed by atoms with van der Waals surface area (Å²) in [5, 5.41) is 11.1. The van der Waals surface area contributed by atoms with Gasteiger partial charge in [0, 0.05) is 24.7 Å². The number of benzene rings is 1. The lowest BCUT2D eigenvalue weighted by atomic mass is 9.95. The summed E-state index contributed by atoms with van der Waals surface area (Å²) in [7, 11) is 4.04. The third-order valence-electron chi connectivity index (χ3n) is 4.60. The van der Waals surface area contributed by atoms with E-state index in [-0.39, 0.29) is 27.8 Å². The van der Waals surface area contributed by atoms with Gasteiger partial charge >= 0.3 is 11.7 Å². The molecule has 1 N–H and O–H groups in total.